The van der Waals surface area contributed by atoms with Crippen LogP contribution < -0.4 is 0 Å². The molecular formula is C5H8O4S. The van der Waals surface area contributed by atoms with E-state index in [1.807, 2.05) is 0 Å². The van der Waals surface area contributed by atoms with Gasteiger partial charge in [-0.1, -0.05) is 0 Å². The fourth-order valence-electron chi connectivity index (χ4n) is 0.247. The van der Waals surface area contributed by atoms with Crippen LogP contribution in [0.25, 0.3) is 0 Å². The van der Waals surface area contributed by atoms with Gasteiger partial charge in [0, 0.05) is 17.7 Å². The van der Waals surface area contributed by atoms with Gasteiger partial charge in [-0.15, -0.1) is 0 Å². The molecule has 0 aromatic rings. The van der Waals surface area contributed by atoms with Crippen molar-refractivity contribution < 1.29 is 17.9 Å². The lowest BCUT2D eigenvalue weighted by Gasteiger charge is -1.87. The second-order valence-corrected chi connectivity index (χ2v) is 3.59. The van der Waals surface area contributed by atoms with E-state index in [1.54, 1.807) is 0 Å². The first kappa shape index (κ1) is 9.16. The second kappa shape index (κ2) is 3.36. The standard InChI is InChI=1S/C5H8O4S/c1-9-5(6)3-4-10(2,7)8/h3-4H,1-2H3. The van der Waals surface area contributed by atoms with Crippen molar-refractivity contribution >= 4 is 15.8 Å². The molecule has 0 aliphatic rings. The summed E-state index contributed by atoms with van der Waals surface area (Å²) in [5, 5.41) is 0.791. The lowest BCUT2D eigenvalue weighted by Crippen LogP contribution is -1.96. The topological polar surface area (TPSA) is 60.4 Å². The van der Waals surface area contributed by atoms with Gasteiger partial charge in [-0.05, 0) is 0 Å². The first-order chi connectivity index (χ1) is 4.45. The van der Waals surface area contributed by atoms with Crippen LogP contribution >= 0.6 is 0 Å². The van der Waals surface area contributed by atoms with E-state index in [9.17, 15) is 13.2 Å². The van der Waals surface area contributed by atoms with Crippen molar-refractivity contribution in [2.24, 2.45) is 0 Å². The summed E-state index contributed by atoms with van der Waals surface area (Å²) in [7, 11) is -2.04. The molecule has 0 radical (unpaired) electrons. The molecule has 0 saturated carbocycles. The Balaban J connectivity index is 4.15. The predicted molar refractivity (Wildman–Crippen MR) is 36.0 cm³/mol. The largest absolute Gasteiger partial charge is 0.466 e. The van der Waals surface area contributed by atoms with Crippen LogP contribution in [0.4, 0.5) is 0 Å². The summed E-state index contributed by atoms with van der Waals surface area (Å²) in [5.41, 5.74) is 0. The zero-order valence-electron chi connectivity index (χ0n) is 5.70. The highest BCUT2D eigenvalue weighted by Gasteiger charge is 1.96. The number of hydrogen-bond donors (Lipinski definition) is 0. The molecule has 0 aliphatic heterocycles. The van der Waals surface area contributed by atoms with Crippen LogP contribution in [0.3, 0.4) is 0 Å². The minimum absolute atomic E-state index is 0.676. The third-order valence-electron chi connectivity index (χ3n) is 0.653. The summed E-state index contributed by atoms with van der Waals surface area (Å²) in [5.74, 6) is -0.676. The van der Waals surface area contributed by atoms with Gasteiger partial charge in [0.2, 0.25) is 0 Å². The Labute approximate surface area is 59.4 Å². The van der Waals surface area contributed by atoms with Crippen LogP contribution in [0.1, 0.15) is 0 Å². The van der Waals surface area contributed by atoms with Crippen molar-refractivity contribution in [3.8, 4) is 0 Å². The van der Waals surface area contributed by atoms with Crippen LogP contribution in [0, 0.1) is 0 Å². The second-order valence-electron chi connectivity index (χ2n) is 1.66. The number of ether oxygens (including phenoxy) is 1. The average molecular weight is 164 g/mol. The van der Waals surface area contributed by atoms with Crippen molar-refractivity contribution in [1.29, 1.82) is 0 Å². The fraction of sp³-hybridized carbons (Fsp3) is 0.400. The number of methoxy groups -OCH3 is 1. The van der Waals surface area contributed by atoms with Gasteiger partial charge in [0.05, 0.1) is 7.11 Å². The zero-order chi connectivity index (χ0) is 8.20. The molecule has 0 heterocycles. The molecule has 0 fully saturated rings. The van der Waals surface area contributed by atoms with Gasteiger partial charge in [-0.2, -0.15) is 0 Å². The normalized spacial score (nSPS) is 11.8. The smallest absolute Gasteiger partial charge is 0.331 e. The van der Waals surface area contributed by atoms with Crippen molar-refractivity contribution in [3.63, 3.8) is 0 Å². The molecule has 4 nitrogen and oxygen atoms in total. The Hall–Kier alpha value is -0.840. The first-order valence-corrected chi connectivity index (χ1v) is 4.37. The average Bonchev–Trinajstić information content (AvgIpc) is 1.81. The molecule has 0 rings (SSSR count). The molecule has 0 atom stereocenters. The summed E-state index contributed by atoms with van der Waals surface area (Å²) in [6, 6.07) is 0. The monoisotopic (exact) mass is 164 g/mol. The van der Waals surface area contributed by atoms with Crippen molar-refractivity contribution in [2.75, 3.05) is 13.4 Å². The van der Waals surface area contributed by atoms with Crippen LogP contribution in [0.5, 0.6) is 0 Å². The van der Waals surface area contributed by atoms with Crippen LogP contribution in [0.15, 0.2) is 11.5 Å². The van der Waals surface area contributed by atoms with E-state index < -0.39 is 15.8 Å². The summed E-state index contributed by atoms with van der Waals surface area (Å²) in [4.78, 5) is 10.3. The molecule has 0 aromatic carbocycles. The minimum Gasteiger partial charge on any atom is -0.466 e. The lowest BCUT2D eigenvalue weighted by molar-refractivity contribution is -0.134. The van der Waals surface area contributed by atoms with E-state index >= 15 is 0 Å². The molecule has 0 aromatic heterocycles. The van der Waals surface area contributed by atoms with Crippen molar-refractivity contribution in [1.82, 2.24) is 0 Å². The van der Waals surface area contributed by atoms with Crippen LogP contribution in [-0.2, 0) is 19.4 Å². The summed E-state index contributed by atoms with van der Waals surface area (Å²) >= 11 is 0. The lowest BCUT2D eigenvalue weighted by atomic mass is 10.7. The van der Waals surface area contributed by atoms with Crippen molar-refractivity contribution in [2.45, 2.75) is 0 Å². The van der Waals surface area contributed by atoms with Gasteiger partial charge in [-0.25, -0.2) is 13.2 Å². The SMILES string of the molecule is COC(=O)C=CS(C)(=O)=O. The highest BCUT2D eigenvalue weighted by Crippen LogP contribution is 1.85. The molecule has 0 spiro atoms. The van der Waals surface area contributed by atoms with E-state index in [0.29, 0.717) is 0 Å². The Morgan fingerprint density at radius 1 is 1.50 bits per heavy atom. The number of hydrogen-bond acceptors (Lipinski definition) is 4. The van der Waals surface area contributed by atoms with E-state index in [0.717, 1.165) is 17.7 Å². The Morgan fingerprint density at radius 3 is 2.30 bits per heavy atom. The van der Waals surface area contributed by atoms with E-state index in [1.165, 1.54) is 7.11 Å². The highest BCUT2D eigenvalue weighted by atomic mass is 32.2. The highest BCUT2D eigenvalue weighted by molar-refractivity contribution is 7.93. The van der Waals surface area contributed by atoms with Gasteiger partial charge < -0.3 is 4.74 Å². The van der Waals surface area contributed by atoms with Gasteiger partial charge in [-0.3, -0.25) is 0 Å². The van der Waals surface area contributed by atoms with E-state index in [2.05, 4.69) is 4.74 Å². The quantitative estimate of drug-likeness (QED) is 0.416. The first-order valence-electron chi connectivity index (χ1n) is 2.42. The molecular weight excluding hydrogens is 156 g/mol. The zero-order valence-corrected chi connectivity index (χ0v) is 6.51. The summed E-state index contributed by atoms with van der Waals surface area (Å²) < 4.78 is 24.9. The third-order valence-corrected chi connectivity index (χ3v) is 1.28. The number of carbonyl (C=O) groups excluding carboxylic acids is 1. The molecule has 10 heavy (non-hydrogen) atoms. The molecule has 0 N–H and O–H groups in total. The van der Waals surface area contributed by atoms with E-state index in [-0.39, 0.29) is 0 Å². The maximum Gasteiger partial charge on any atom is 0.331 e. The van der Waals surface area contributed by atoms with Gasteiger partial charge in [0.1, 0.15) is 0 Å². The fourth-order valence-corrected chi connectivity index (χ4v) is 0.605. The molecule has 5 heteroatoms. The molecule has 58 valence electrons. The minimum atomic E-state index is -3.21. The van der Waals surface area contributed by atoms with Crippen LogP contribution in [-0.4, -0.2) is 27.8 Å². The number of esters is 1. The number of sulfone groups is 1. The molecule has 0 saturated heterocycles. The Bertz CT molecular complexity index is 236. The molecule has 0 unspecified atom stereocenters. The van der Waals surface area contributed by atoms with Crippen LogP contribution in [0.2, 0.25) is 0 Å². The number of carbonyl (C=O) groups is 1. The van der Waals surface area contributed by atoms with Gasteiger partial charge in [0.15, 0.2) is 9.84 Å². The van der Waals surface area contributed by atoms with Crippen molar-refractivity contribution in [3.05, 3.63) is 11.5 Å². The van der Waals surface area contributed by atoms with Gasteiger partial charge >= 0.3 is 5.97 Å². The van der Waals surface area contributed by atoms with Gasteiger partial charge in [0.25, 0.3) is 0 Å². The maximum absolute atomic E-state index is 10.4. The molecule has 0 bridgehead atoms. The van der Waals surface area contributed by atoms with E-state index in [4.69, 9.17) is 0 Å². The Kier molecular flexibility index (Phi) is 3.08. The third kappa shape index (κ3) is 5.30. The molecule has 0 amide bonds. The summed E-state index contributed by atoms with van der Waals surface area (Å²) in [6.07, 6.45) is 1.85. The Morgan fingerprint density at radius 2 is 2.00 bits per heavy atom. The molecule has 0 aliphatic carbocycles. The maximum atomic E-state index is 10.4. The summed E-state index contributed by atoms with van der Waals surface area (Å²) in [6.45, 7) is 0. The number of rotatable bonds is 2. The predicted octanol–water partition coefficient (Wildman–Crippen LogP) is -0.282.